The van der Waals surface area contributed by atoms with E-state index in [2.05, 4.69) is 0 Å². The molecule has 1 fully saturated rings. The van der Waals surface area contributed by atoms with Crippen LogP contribution in [-0.4, -0.2) is 31.0 Å². The van der Waals surface area contributed by atoms with Crippen LogP contribution in [-0.2, 0) is 25.5 Å². The summed E-state index contributed by atoms with van der Waals surface area (Å²) in [6, 6.07) is 3.08. The lowest BCUT2D eigenvalue weighted by atomic mass is 9.82. The van der Waals surface area contributed by atoms with Gasteiger partial charge in [0.25, 0.3) is 4.93 Å². The molecule has 1 heterocycles. The lowest BCUT2D eigenvalue weighted by Gasteiger charge is -2.42. The lowest BCUT2D eigenvalue weighted by molar-refractivity contribution is -0.169. The van der Waals surface area contributed by atoms with Gasteiger partial charge in [-0.3, -0.25) is 0 Å². The fraction of sp³-hybridized carbons (Fsp3) is 0.562. The molecule has 0 aliphatic carbocycles. The van der Waals surface area contributed by atoms with E-state index in [4.69, 9.17) is 4.74 Å². The van der Waals surface area contributed by atoms with Crippen LogP contribution in [0.3, 0.4) is 0 Å². The third-order valence-corrected chi connectivity index (χ3v) is 7.14. The van der Waals surface area contributed by atoms with E-state index in [-0.39, 0.29) is 12.5 Å². The number of carbonyl (C=O) groups is 1. The molecule has 140 valence electrons. The summed E-state index contributed by atoms with van der Waals surface area (Å²) >= 11 is 0. The zero-order valence-electron chi connectivity index (χ0n) is 13.7. The predicted molar refractivity (Wildman–Crippen MR) is 82.5 cm³/mol. The first-order valence-corrected chi connectivity index (χ1v) is 9.26. The predicted octanol–water partition coefficient (Wildman–Crippen LogP) is 3.34. The molecule has 1 aliphatic heterocycles. The minimum Gasteiger partial charge on any atom is -0.478 e. The summed E-state index contributed by atoms with van der Waals surface area (Å²) in [4.78, 5) is 8.61. The second kappa shape index (κ2) is 6.60. The Bertz CT molecular complexity index is 759. The molecule has 5 nitrogen and oxygen atoms in total. The molecule has 9 heteroatoms. The number of aliphatic carboxylic acids is 1. The second-order valence-corrected chi connectivity index (χ2v) is 8.18. The monoisotopic (exact) mass is 380 g/mol. The van der Waals surface area contributed by atoms with Crippen molar-refractivity contribution in [1.82, 2.24) is 0 Å². The van der Waals surface area contributed by atoms with E-state index in [9.17, 15) is 31.5 Å². The van der Waals surface area contributed by atoms with Gasteiger partial charge in [0, 0.05) is 12.5 Å². The third-order valence-electron chi connectivity index (χ3n) is 4.81. The lowest BCUT2D eigenvalue weighted by Crippen LogP contribution is -2.58. The maximum Gasteiger partial charge on any atom is 0.416 e. The highest BCUT2D eigenvalue weighted by Gasteiger charge is 2.60. The fourth-order valence-electron chi connectivity index (χ4n) is 3.32. The number of alkyl halides is 3. The molecule has 1 saturated heterocycles. The van der Waals surface area contributed by atoms with E-state index in [1.165, 1.54) is 6.92 Å². The highest BCUT2D eigenvalue weighted by molar-refractivity contribution is 7.93. The van der Waals surface area contributed by atoms with Crippen molar-refractivity contribution >= 4 is 15.8 Å². The summed E-state index contributed by atoms with van der Waals surface area (Å²) < 4.78 is 70.0. The summed E-state index contributed by atoms with van der Waals surface area (Å²) in [5.74, 6) is -2.86. The van der Waals surface area contributed by atoms with E-state index >= 15 is 0 Å². The fourth-order valence-corrected chi connectivity index (χ4v) is 5.36. The number of halogens is 3. The number of sulfone groups is 1. The Labute approximate surface area is 143 Å². The SMILES string of the molecule is CCC1CCOC(C(=O)O)(S(=O)(=O)c2cccc(C(F)(F)F)c2)C1C. The normalized spacial score (nSPS) is 27.9. The molecule has 1 aromatic carbocycles. The van der Waals surface area contributed by atoms with Crippen LogP contribution in [0.5, 0.6) is 0 Å². The Morgan fingerprint density at radius 3 is 2.56 bits per heavy atom. The molecule has 1 aromatic rings. The van der Waals surface area contributed by atoms with Gasteiger partial charge in [-0.05, 0) is 30.5 Å². The number of rotatable bonds is 4. The standard InChI is InChI=1S/C16H19F3O5S/c1-3-11-7-8-24-15(10(11)2,14(20)21)25(22,23)13-6-4-5-12(9-13)16(17,18)19/h4-6,9-11H,3,7-8H2,1-2H3,(H,20,21). The molecule has 0 radical (unpaired) electrons. The summed E-state index contributed by atoms with van der Waals surface area (Å²) in [6.07, 6.45) is -3.71. The molecule has 1 N–H and O–H groups in total. The average Bonchev–Trinajstić information content (AvgIpc) is 2.54. The zero-order chi connectivity index (χ0) is 19.0. The molecule has 2 rings (SSSR count). The molecule has 0 aromatic heterocycles. The Hall–Kier alpha value is -1.61. The molecule has 3 atom stereocenters. The number of ether oxygens (including phenoxy) is 1. The summed E-state index contributed by atoms with van der Waals surface area (Å²) in [6.45, 7) is 3.16. The molecular formula is C16H19F3O5S. The molecule has 0 amide bonds. The van der Waals surface area contributed by atoms with Crippen molar-refractivity contribution in [1.29, 1.82) is 0 Å². The highest BCUT2D eigenvalue weighted by Crippen LogP contribution is 2.44. The van der Waals surface area contributed by atoms with Crippen molar-refractivity contribution in [3.63, 3.8) is 0 Å². The number of carboxylic acid groups (broad SMARTS) is 1. The first-order valence-electron chi connectivity index (χ1n) is 7.77. The topological polar surface area (TPSA) is 80.7 Å². The van der Waals surface area contributed by atoms with Gasteiger partial charge >= 0.3 is 12.1 Å². The summed E-state index contributed by atoms with van der Waals surface area (Å²) in [5.41, 5.74) is -1.16. The van der Waals surface area contributed by atoms with Gasteiger partial charge in [-0.25, -0.2) is 13.2 Å². The maximum absolute atomic E-state index is 13.0. The Morgan fingerprint density at radius 1 is 1.40 bits per heavy atom. The van der Waals surface area contributed by atoms with E-state index < -0.39 is 43.3 Å². The van der Waals surface area contributed by atoms with Crippen LogP contribution in [0.1, 0.15) is 32.3 Å². The van der Waals surface area contributed by atoms with Gasteiger partial charge in [0.1, 0.15) is 0 Å². The van der Waals surface area contributed by atoms with Crippen molar-refractivity contribution in [2.24, 2.45) is 11.8 Å². The largest absolute Gasteiger partial charge is 0.478 e. The second-order valence-electron chi connectivity index (χ2n) is 6.10. The van der Waals surface area contributed by atoms with Crippen LogP contribution >= 0.6 is 0 Å². The van der Waals surface area contributed by atoms with Crippen LogP contribution in [0.25, 0.3) is 0 Å². The smallest absolute Gasteiger partial charge is 0.416 e. The first kappa shape index (κ1) is 19.7. The molecule has 3 unspecified atom stereocenters. The number of hydrogen-bond acceptors (Lipinski definition) is 4. The molecule has 1 aliphatic rings. The van der Waals surface area contributed by atoms with Crippen LogP contribution in [0.15, 0.2) is 29.2 Å². The van der Waals surface area contributed by atoms with Gasteiger partial charge in [0.05, 0.1) is 10.5 Å². The molecule has 25 heavy (non-hydrogen) atoms. The van der Waals surface area contributed by atoms with Crippen molar-refractivity contribution in [3.8, 4) is 0 Å². The van der Waals surface area contributed by atoms with E-state index in [0.717, 1.165) is 18.2 Å². The number of benzene rings is 1. The van der Waals surface area contributed by atoms with Crippen LogP contribution in [0, 0.1) is 11.8 Å². The van der Waals surface area contributed by atoms with Gasteiger partial charge in [-0.15, -0.1) is 0 Å². The van der Waals surface area contributed by atoms with Gasteiger partial charge in [0.2, 0.25) is 9.84 Å². The molecular weight excluding hydrogens is 361 g/mol. The van der Waals surface area contributed by atoms with Crippen molar-refractivity contribution < 1.29 is 36.2 Å². The van der Waals surface area contributed by atoms with Crippen LogP contribution in [0.4, 0.5) is 13.2 Å². The first-order chi connectivity index (χ1) is 11.5. The van der Waals surface area contributed by atoms with Crippen molar-refractivity contribution in [2.45, 2.75) is 42.7 Å². The Kier molecular flexibility index (Phi) is 5.21. The van der Waals surface area contributed by atoms with Crippen LogP contribution in [0.2, 0.25) is 0 Å². The number of carboxylic acids is 1. The van der Waals surface area contributed by atoms with E-state index in [1.807, 2.05) is 0 Å². The van der Waals surface area contributed by atoms with Crippen molar-refractivity contribution in [2.75, 3.05) is 6.61 Å². The van der Waals surface area contributed by atoms with Gasteiger partial charge in [0.15, 0.2) is 0 Å². The highest BCUT2D eigenvalue weighted by atomic mass is 32.2. The summed E-state index contributed by atoms with van der Waals surface area (Å²) in [7, 11) is -4.72. The number of hydrogen-bond donors (Lipinski definition) is 1. The average molecular weight is 380 g/mol. The molecule has 0 spiro atoms. The zero-order valence-corrected chi connectivity index (χ0v) is 14.5. The van der Waals surface area contributed by atoms with Gasteiger partial charge in [-0.1, -0.05) is 26.3 Å². The Morgan fingerprint density at radius 2 is 2.04 bits per heavy atom. The quantitative estimate of drug-likeness (QED) is 0.867. The van der Waals surface area contributed by atoms with E-state index in [1.54, 1.807) is 6.92 Å². The van der Waals surface area contributed by atoms with Gasteiger partial charge in [-0.2, -0.15) is 13.2 Å². The van der Waals surface area contributed by atoms with E-state index in [0.29, 0.717) is 18.9 Å². The maximum atomic E-state index is 13.0. The van der Waals surface area contributed by atoms with Crippen LogP contribution < -0.4 is 0 Å². The van der Waals surface area contributed by atoms with Gasteiger partial charge < -0.3 is 9.84 Å². The molecule has 0 bridgehead atoms. The minimum atomic E-state index is -4.74. The Balaban J connectivity index is 2.64. The summed E-state index contributed by atoms with van der Waals surface area (Å²) in [5, 5.41) is 9.67. The third kappa shape index (κ3) is 3.15. The molecule has 0 saturated carbocycles. The minimum absolute atomic E-state index is 0.0899. The van der Waals surface area contributed by atoms with Crippen molar-refractivity contribution in [3.05, 3.63) is 29.8 Å².